The first-order valence-corrected chi connectivity index (χ1v) is 14.1. The molecule has 13 nitrogen and oxygen atoms in total. The van der Waals surface area contributed by atoms with E-state index in [0.29, 0.717) is 0 Å². The van der Waals surface area contributed by atoms with Crippen LogP contribution in [0.4, 0.5) is 15.0 Å². The van der Waals surface area contributed by atoms with Gasteiger partial charge in [-0.25, -0.2) is 14.2 Å². The summed E-state index contributed by atoms with van der Waals surface area (Å²) in [5, 5.41) is 30.2. The summed E-state index contributed by atoms with van der Waals surface area (Å²) in [7, 11) is 2.00. The van der Waals surface area contributed by atoms with E-state index in [9.17, 15) is 29.5 Å². The first kappa shape index (κ1) is 30.0. The number of para-hydroxylation sites is 1. The van der Waals surface area contributed by atoms with Crippen LogP contribution in [0.15, 0.2) is 29.3 Å². The number of carbonyl (C=O) groups is 1. The van der Waals surface area contributed by atoms with E-state index >= 15 is 0 Å². The van der Waals surface area contributed by atoms with Crippen LogP contribution < -0.4 is 15.2 Å². The molecule has 2 aromatic heterocycles. The Morgan fingerprint density at radius 3 is 2.63 bits per heavy atom. The van der Waals surface area contributed by atoms with E-state index in [2.05, 4.69) is 25.9 Å². The number of nitriles is 1. The van der Waals surface area contributed by atoms with Crippen LogP contribution in [-0.2, 0) is 0 Å². The van der Waals surface area contributed by atoms with Crippen molar-refractivity contribution in [3.8, 4) is 23.5 Å². The van der Waals surface area contributed by atoms with Gasteiger partial charge in [0.15, 0.2) is 17.2 Å². The summed E-state index contributed by atoms with van der Waals surface area (Å²) in [5.41, 5.74) is -2.95. The molecule has 2 saturated heterocycles. The van der Waals surface area contributed by atoms with Crippen LogP contribution in [0.5, 0.6) is 11.8 Å². The number of fused-ring (bicyclic) bond motifs is 1. The van der Waals surface area contributed by atoms with Crippen molar-refractivity contribution in [2.75, 3.05) is 44.7 Å². The number of phenolic OH excluding ortho intramolecular Hbond substituents is 1. The fourth-order valence-electron chi connectivity index (χ4n) is 6.08. The third kappa shape index (κ3) is 5.29. The SMILES string of the molecule is CN1CCC[C@H]1COc1nc(N2CCN(C(=O)O)[C@@](CC#N)(C(C)(C)C)C2)c2ncn(-c3c(O)cccc3F)c(=O)c2n1. The first-order chi connectivity index (χ1) is 20.4. The number of likely N-dealkylation sites (tertiary alicyclic amines) is 1. The van der Waals surface area contributed by atoms with E-state index in [1.165, 1.54) is 17.0 Å². The molecule has 2 fully saturated rings. The Kier molecular flexibility index (Phi) is 7.87. The molecule has 2 atom stereocenters. The fraction of sp³-hybridized carbons (Fsp3) is 0.517. The second kappa shape index (κ2) is 11.3. The van der Waals surface area contributed by atoms with Crippen molar-refractivity contribution in [1.82, 2.24) is 29.3 Å². The molecule has 0 radical (unpaired) electrons. The van der Waals surface area contributed by atoms with Crippen molar-refractivity contribution >= 4 is 22.9 Å². The number of rotatable bonds is 6. The number of anilines is 1. The number of hydrogen-bond donors (Lipinski definition) is 2. The third-order valence-corrected chi connectivity index (χ3v) is 8.71. The molecule has 14 heteroatoms. The van der Waals surface area contributed by atoms with Gasteiger partial charge in [-0.05, 0) is 44.0 Å². The zero-order chi connectivity index (χ0) is 31.1. The number of amides is 1. The molecule has 2 aliphatic heterocycles. The van der Waals surface area contributed by atoms with Crippen molar-refractivity contribution in [2.24, 2.45) is 5.41 Å². The van der Waals surface area contributed by atoms with Crippen LogP contribution in [0.3, 0.4) is 0 Å². The zero-order valence-electron chi connectivity index (χ0n) is 24.6. The number of carboxylic acid groups (broad SMARTS) is 1. The van der Waals surface area contributed by atoms with E-state index in [1.807, 2.05) is 27.8 Å². The van der Waals surface area contributed by atoms with Gasteiger partial charge in [-0.2, -0.15) is 15.2 Å². The van der Waals surface area contributed by atoms with Crippen molar-refractivity contribution in [3.63, 3.8) is 0 Å². The topological polar surface area (TPSA) is 161 Å². The number of nitrogens with zero attached hydrogens (tertiary/aromatic N) is 8. The van der Waals surface area contributed by atoms with Gasteiger partial charge in [-0.15, -0.1) is 0 Å². The maximum Gasteiger partial charge on any atom is 0.407 e. The molecule has 0 bridgehead atoms. The molecule has 0 aliphatic carbocycles. The van der Waals surface area contributed by atoms with Crippen molar-refractivity contribution in [1.29, 1.82) is 5.26 Å². The summed E-state index contributed by atoms with van der Waals surface area (Å²) in [4.78, 5) is 44.9. The molecule has 1 amide bonds. The molecule has 0 unspecified atom stereocenters. The molecule has 1 aromatic carbocycles. The number of benzene rings is 1. The number of likely N-dealkylation sites (N-methyl/N-ethyl adjacent to an activating group) is 1. The molecule has 2 N–H and O–H groups in total. The molecular formula is C29H35FN8O5. The lowest BCUT2D eigenvalue weighted by molar-refractivity contribution is -0.00279. The van der Waals surface area contributed by atoms with Gasteiger partial charge in [-0.1, -0.05) is 26.8 Å². The van der Waals surface area contributed by atoms with Gasteiger partial charge >= 0.3 is 12.1 Å². The minimum absolute atomic E-state index is 0.0724. The lowest BCUT2D eigenvalue weighted by Gasteiger charge is -2.55. The van der Waals surface area contributed by atoms with Crippen LogP contribution in [0, 0.1) is 22.6 Å². The maximum absolute atomic E-state index is 14.8. The Morgan fingerprint density at radius 2 is 2.00 bits per heavy atom. The summed E-state index contributed by atoms with van der Waals surface area (Å²) in [5.74, 6) is -1.04. The van der Waals surface area contributed by atoms with Gasteiger partial charge in [0.2, 0.25) is 0 Å². The summed E-state index contributed by atoms with van der Waals surface area (Å²) in [6, 6.07) is 5.91. The largest absolute Gasteiger partial charge is 0.506 e. The number of ether oxygens (including phenoxy) is 1. The molecular weight excluding hydrogens is 559 g/mol. The van der Waals surface area contributed by atoms with Crippen molar-refractivity contribution in [2.45, 2.75) is 51.6 Å². The van der Waals surface area contributed by atoms with Crippen LogP contribution in [0.2, 0.25) is 0 Å². The number of aromatic nitrogens is 4. The minimum atomic E-state index is -1.13. The van der Waals surface area contributed by atoms with Gasteiger partial charge in [0, 0.05) is 25.7 Å². The normalized spacial score (nSPS) is 21.3. The van der Waals surface area contributed by atoms with E-state index < -0.39 is 34.2 Å². The van der Waals surface area contributed by atoms with Crippen LogP contribution in [0.1, 0.15) is 40.0 Å². The fourth-order valence-corrected chi connectivity index (χ4v) is 6.08. The Hall–Kier alpha value is -4.51. The predicted octanol–water partition coefficient (Wildman–Crippen LogP) is 2.99. The third-order valence-electron chi connectivity index (χ3n) is 8.71. The second-order valence-corrected chi connectivity index (χ2v) is 12.1. The molecule has 5 rings (SSSR count). The minimum Gasteiger partial charge on any atom is -0.506 e. The highest BCUT2D eigenvalue weighted by Crippen LogP contribution is 2.42. The molecule has 2 aliphatic rings. The van der Waals surface area contributed by atoms with Crippen LogP contribution >= 0.6 is 0 Å². The summed E-state index contributed by atoms with van der Waals surface area (Å²) < 4.78 is 21.7. The van der Waals surface area contributed by atoms with E-state index in [1.54, 1.807) is 4.90 Å². The highest BCUT2D eigenvalue weighted by atomic mass is 19.1. The van der Waals surface area contributed by atoms with Gasteiger partial charge in [-0.3, -0.25) is 14.3 Å². The van der Waals surface area contributed by atoms with Crippen molar-refractivity contribution in [3.05, 3.63) is 40.7 Å². The molecule has 0 spiro atoms. The van der Waals surface area contributed by atoms with E-state index in [4.69, 9.17) is 4.74 Å². The van der Waals surface area contributed by atoms with E-state index in [0.717, 1.165) is 36.3 Å². The zero-order valence-corrected chi connectivity index (χ0v) is 24.6. The summed E-state index contributed by atoms with van der Waals surface area (Å²) >= 11 is 0. The van der Waals surface area contributed by atoms with E-state index in [-0.39, 0.29) is 67.3 Å². The highest BCUT2D eigenvalue weighted by Gasteiger charge is 2.52. The van der Waals surface area contributed by atoms with Crippen molar-refractivity contribution < 1.29 is 24.1 Å². The first-order valence-electron chi connectivity index (χ1n) is 14.1. The van der Waals surface area contributed by atoms with Crippen LogP contribution in [-0.4, -0.2) is 97.0 Å². The Morgan fingerprint density at radius 1 is 1.23 bits per heavy atom. The maximum atomic E-state index is 14.8. The lowest BCUT2D eigenvalue weighted by Crippen LogP contribution is -2.69. The molecule has 0 saturated carbocycles. The standard InChI is InChI=1S/C29H35FN8O5/c1-28(2,3)29(10-11-31)16-36(13-14-38(29)27(41)42)24-21-22(33-26(34-24)43-15-18-7-6-12-35(18)4)25(40)37(17-32-21)23-19(30)8-5-9-20(23)39/h5,8-9,17-18,39H,6-7,10,12-16H2,1-4H3,(H,41,42)/t18-,29+/m0/s1. The molecule has 3 aromatic rings. The number of aromatic hydroxyl groups is 1. The van der Waals surface area contributed by atoms with Gasteiger partial charge in [0.25, 0.3) is 5.56 Å². The van der Waals surface area contributed by atoms with Gasteiger partial charge in [0.05, 0.1) is 18.0 Å². The van der Waals surface area contributed by atoms with Gasteiger partial charge in [0.1, 0.15) is 29.9 Å². The monoisotopic (exact) mass is 594 g/mol. The quantitative estimate of drug-likeness (QED) is 0.432. The number of hydrogen-bond acceptors (Lipinski definition) is 10. The molecule has 4 heterocycles. The summed E-state index contributed by atoms with van der Waals surface area (Å²) in [6.45, 7) is 7.21. The highest BCUT2D eigenvalue weighted by molar-refractivity contribution is 5.86. The Bertz CT molecular complexity index is 1630. The molecule has 43 heavy (non-hydrogen) atoms. The number of halogens is 1. The molecule has 228 valence electrons. The summed E-state index contributed by atoms with van der Waals surface area (Å²) in [6.07, 6.45) is 1.84. The van der Waals surface area contributed by atoms with Gasteiger partial charge < -0.3 is 24.7 Å². The second-order valence-electron chi connectivity index (χ2n) is 12.1. The lowest BCUT2D eigenvalue weighted by atomic mass is 9.69. The van der Waals surface area contributed by atoms with Crippen LogP contribution in [0.25, 0.3) is 16.7 Å². The predicted molar refractivity (Wildman–Crippen MR) is 155 cm³/mol. The Labute approximate surface area is 247 Å². The average Bonchev–Trinajstić information content (AvgIpc) is 3.36. The Balaban J connectivity index is 1.67. The average molecular weight is 595 g/mol. The number of piperazine rings is 1. The number of phenols is 1. The smallest absolute Gasteiger partial charge is 0.407 e.